The smallest absolute Gasteiger partial charge is 0.203 e. The van der Waals surface area contributed by atoms with E-state index in [1.165, 1.54) is 16.7 Å². The van der Waals surface area contributed by atoms with E-state index >= 15 is 0 Å². The van der Waals surface area contributed by atoms with Crippen LogP contribution in [0, 0.1) is 0 Å². The lowest BCUT2D eigenvalue weighted by atomic mass is 10.1. The average Bonchev–Trinajstić information content (AvgIpc) is 2.75. The summed E-state index contributed by atoms with van der Waals surface area (Å²) in [6, 6.07) is 13.1. The molecule has 0 N–H and O–H groups in total. The van der Waals surface area contributed by atoms with Gasteiger partial charge in [-0.1, -0.05) is 31.2 Å². The van der Waals surface area contributed by atoms with Crippen molar-refractivity contribution >= 4 is 0 Å². The van der Waals surface area contributed by atoms with Crippen LogP contribution in [0.25, 0.3) is 0 Å². The molecular weight excluding hydrogens is 352 g/mol. The maximum Gasteiger partial charge on any atom is 0.203 e. The van der Waals surface area contributed by atoms with Crippen LogP contribution in [0.1, 0.15) is 23.6 Å². The van der Waals surface area contributed by atoms with E-state index in [9.17, 15) is 0 Å². The lowest BCUT2D eigenvalue weighted by molar-refractivity contribution is 0.122. The Morgan fingerprint density at radius 3 is 1.57 bits per heavy atom. The van der Waals surface area contributed by atoms with E-state index < -0.39 is 0 Å². The van der Waals surface area contributed by atoms with Gasteiger partial charge in [0.05, 0.1) is 21.3 Å². The molecule has 0 aliphatic carbocycles. The summed E-state index contributed by atoms with van der Waals surface area (Å²) in [4.78, 5) is 5.02. The number of benzene rings is 2. The topological polar surface area (TPSA) is 34.2 Å². The summed E-state index contributed by atoms with van der Waals surface area (Å²) in [5.41, 5.74) is 3.98. The molecule has 0 atom stereocenters. The zero-order chi connectivity index (χ0) is 19.9. The third-order valence-corrected chi connectivity index (χ3v) is 5.43. The van der Waals surface area contributed by atoms with Gasteiger partial charge in [0.1, 0.15) is 0 Å². The quantitative estimate of drug-likeness (QED) is 0.695. The number of methoxy groups -OCH3 is 3. The van der Waals surface area contributed by atoms with Gasteiger partial charge in [-0.25, -0.2) is 0 Å². The maximum absolute atomic E-state index is 5.48. The van der Waals surface area contributed by atoms with E-state index in [0.29, 0.717) is 17.2 Å². The van der Waals surface area contributed by atoms with Crippen LogP contribution in [-0.4, -0.2) is 57.3 Å². The van der Waals surface area contributed by atoms with Crippen molar-refractivity contribution in [3.8, 4) is 17.2 Å². The number of hydrogen-bond donors (Lipinski definition) is 0. The second-order valence-corrected chi connectivity index (χ2v) is 7.26. The van der Waals surface area contributed by atoms with Crippen molar-refractivity contribution < 1.29 is 14.2 Å². The van der Waals surface area contributed by atoms with E-state index in [-0.39, 0.29) is 0 Å². The van der Waals surface area contributed by atoms with E-state index in [2.05, 4.69) is 41.0 Å². The van der Waals surface area contributed by atoms with Gasteiger partial charge < -0.3 is 14.2 Å². The molecule has 2 aromatic rings. The summed E-state index contributed by atoms with van der Waals surface area (Å²) < 4.78 is 16.4. The monoisotopic (exact) mass is 384 g/mol. The molecule has 0 amide bonds. The molecular formula is C23H32N2O3. The lowest BCUT2D eigenvalue weighted by Gasteiger charge is -2.35. The summed E-state index contributed by atoms with van der Waals surface area (Å²) in [6.07, 6.45) is 1.10. The van der Waals surface area contributed by atoms with Crippen molar-refractivity contribution in [2.45, 2.75) is 26.4 Å². The van der Waals surface area contributed by atoms with Crippen molar-refractivity contribution in [2.75, 3.05) is 47.5 Å². The molecule has 1 heterocycles. The van der Waals surface area contributed by atoms with E-state index in [1.54, 1.807) is 21.3 Å². The minimum absolute atomic E-state index is 0.646. The Hall–Kier alpha value is -2.24. The summed E-state index contributed by atoms with van der Waals surface area (Å²) in [7, 11) is 4.95. The van der Waals surface area contributed by atoms with Gasteiger partial charge in [-0.3, -0.25) is 9.80 Å². The largest absolute Gasteiger partial charge is 0.493 e. The van der Waals surface area contributed by atoms with Crippen LogP contribution in [0.15, 0.2) is 36.4 Å². The number of aryl methyl sites for hydroxylation is 1. The molecule has 1 fully saturated rings. The summed E-state index contributed by atoms with van der Waals surface area (Å²) in [5, 5.41) is 0. The van der Waals surface area contributed by atoms with Gasteiger partial charge >= 0.3 is 0 Å². The Balaban J connectivity index is 1.56. The van der Waals surface area contributed by atoms with Gasteiger partial charge in [-0.2, -0.15) is 0 Å². The highest BCUT2D eigenvalue weighted by atomic mass is 16.5. The van der Waals surface area contributed by atoms with Gasteiger partial charge in [0.15, 0.2) is 11.5 Å². The van der Waals surface area contributed by atoms with E-state index in [1.807, 2.05) is 12.1 Å². The predicted molar refractivity (Wildman–Crippen MR) is 112 cm³/mol. The fraction of sp³-hybridized carbons (Fsp3) is 0.478. The third kappa shape index (κ3) is 4.97. The van der Waals surface area contributed by atoms with Crippen molar-refractivity contribution in [3.05, 3.63) is 53.1 Å². The first-order valence-electron chi connectivity index (χ1n) is 9.98. The lowest BCUT2D eigenvalue weighted by Crippen LogP contribution is -2.45. The van der Waals surface area contributed by atoms with Crippen molar-refractivity contribution in [1.82, 2.24) is 9.80 Å². The molecule has 5 nitrogen and oxygen atoms in total. The van der Waals surface area contributed by atoms with Crippen LogP contribution in [0.3, 0.4) is 0 Å². The first kappa shape index (κ1) is 20.5. The van der Waals surface area contributed by atoms with Crippen LogP contribution >= 0.6 is 0 Å². The van der Waals surface area contributed by atoms with Crippen LogP contribution in [0.2, 0.25) is 0 Å². The molecule has 152 valence electrons. The van der Waals surface area contributed by atoms with Gasteiger partial charge in [0, 0.05) is 39.3 Å². The summed E-state index contributed by atoms with van der Waals surface area (Å²) in [5.74, 6) is 2.07. The Morgan fingerprint density at radius 1 is 0.679 bits per heavy atom. The molecule has 3 rings (SSSR count). The third-order valence-electron chi connectivity index (χ3n) is 5.43. The Kier molecular flexibility index (Phi) is 7.18. The number of piperazine rings is 1. The Labute approximate surface area is 168 Å². The fourth-order valence-electron chi connectivity index (χ4n) is 3.73. The van der Waals surface area contributed by atoms with Gasteiger partial charge in [-0.05, 0) is 35.2 Å². The van der Waals surface area contributed by atoms with E-state index in [4.69, 9.17) is 14.2 Å². The fourth-order valence-corrected chi connectivity index (χ4v) is 3.73. The standard InChI is InChI=1S/C23H32N2O3/c1-5-18-6-8-19(9-7-18)16-24-10-12-25(13-11-24)17-20-14-21(26-2)23(28-4)22(15-20)27-3/h6-9,14-15H,5,10-13,16-17H2,1-4H3. The molecule has 28 heavy (non-hydrogen) atoms. The highest BCUT2D eigenvalue weighted by Gasteiger charge is 2.19. The zero-order valence-electron chi connectivity index (χ0n) is 17.5. The summed E-state index contributed by atoms with van der Waals surface area (Å²) >= 11 is 0. The molecule has 0 bridgehead atoms. The predicted octanol–water partition coefficient (Wildman–Crippen LogP) is 3.59. The Morgan fingerprint density at radius 2 is 1.14 bits per heavy atom. The Bertz CT molecular complexity index is 728. The minimum Gasteiger partial charge on any atom is -0.493 e. The zero-order valence-corrected chi connectivity index (χ0v) is 17.5. The van der Waals surface area contributed by atoms with Crippen LogP contribution in [0.4, 0.5) is 0 Å². The molecule has 0 spiro atoms. The number of hydrogen-bond acceptors (Lipinski definition) is 5. The normalized spacial score (nSPS) is 15.4. The number of ether oxygens (including phenoxy) is 3. The van der Waals surface area contributed by atoms with Crippen molar-refractivity contribution in [3.63, 3.8) is 0 Å². The molecule has 0 aromatic heterocycles. The molecule has 0 saturated carbocycles. The molecule has 5 heteroatoms. The van der Waals surface area contributed by atoms with Crippen LogP contribution < -0.4 is 14.2 Å². The van der Waals surface area contributed by atoms with E-state index in [0.717, 1.165) is 45.7 Å². The highest BCUT2D eigenvalue weighted by molar-refractivity contribution is 5.53. The molecule has 0 radical (unpaired) electrons. The first-order valence-corrected chi connectivity index (χ1v) is 9.98. The number of nitrogens with zero attached hydrogens (tertiary/aromatic N) is 2. The molecule has 1 aliphatic heterocycles. The number of rotatable bonds is 8. The summed E-state index contributed by atoms with van der Waals surface area (Å²) in [6.45, 7) is 8.40. The van der Waals surface area contributed by atoms with Gasteiger partial charge in [0.2, 0.25) is 5.75 Å². The SMILES string of the molecule is CCc1ccc(CN2CCN(Cc3cc(OC)c(OC)c(OC)c3)CC2)cc1. The van der Waals surface area contributed by atoms with Gasteiger partial charge in [-0.15, -0.1) is 0 Å². The second kappa shape index (κ2) is 9.80. The highest BCUT2D eigenvalue weighted by Crippen LogP contribution is 2.38. The molecule has 0 unspecified atom stereocenters. The molecule has 1 aliphatic rings. The average molecular weight is 385 g/mol. The maximum atomic E-state index is 5.48. The van der Waals surface area contributed by atoms with Crippen LogP contribution in [0.5, 0.6) is 17.2 Å². The van der Waals surface area contributed by atoms with Gasteiger partial charge in [0.25, 0.3) is 0 Å². The molecule has 1 saturated heterocycles. The molecule has 2 aromatic carbocycles. The van der Waals surface area contributed by atoms with Crippen molar-refractivity contribution in [1.29, 1.82) is 0 Å². The van der Waals surface area contributed by atoms with Crippen molar-refractivity contribution in [2.24, 2.45) is 0 Å². The minimum atomic E-state index is 0.646. The first-order chi connectivity index (χ1) is 13.7. The van der Waals surface area contributed by atoms with Crippen LogP contribution in [-0.2, 0) is 19.5 Å². The second-order valence-electron chi connectivity index (χ2n) is 7.26.